The second-order valence-electron chi connectivity index (χ2n) is 3.80. The number of rotatable bonds is 2. The third kappa shape index (κ3) is 2.15. The van der Waals surface area contributed by atoms with Crippen LogP contribution in [-0.2, 0) is 9.47 Å². The Hall–Kier alpha value is 0.170. The van der Waals surface area contributed by atoms with Gasteiger partial charge in [0.25, 0.3) is 0 Å². The van der Waals surface area contributed by atoms with Gasteiger partial charge in [0.2, 0.25) is 0 Å². The topological polar surface area (TPSA) is 30.5 Å². The summed E-state index contributed by atoms with van der Waals surface area (Å²) in [5.41, 5.74) is -0.368. The van der Waals surface area contributed by atoms with Gasteiger partial charge in [-0.05, 0) is 26.8 Å². The van der Waals surface area contributed by atoms with Crippen LogP contribution in [0.15, 0.2) is 0 Å². The summed E-state index contributed by atoms with van der Waals surface area (Å²) in [7, 11) is 3.49. The molecule has 2 atom stereocenters. The van der Waals surface area contributed by atoms with Gasteiger partial charge in [0.05, 0.1) is 5.60 Å². The Morgan fingerprint density at radius 1 is 1.08 bits per heavy atom. The molecule has 0 amide bonds. The zero-order valence-electron chi connectivity index (χ0n) is 8.85. The number of ether oxygens (including phenoxy) is 2. The minimum atomic E-state index is -0.208. The van der Waals surface area contributed by atoms with Crippen LogP contribution in [-0.4, -0.2) is 38.5 Å². The van der Waals surface area contributed by atoms with Crippen molar-refractivity contribution >= 4 is 12.4 Å². The first-order valence-corrected chi connectivity index (χ1v) is 4.39. The standard InChI is InChI=1S/C9H19NO2.ClH/c1-8(11-3)5-6-10-7-9(8,2)12-4;/h10H,5-7H2,1-4H3;1H/t8-,9+;/m0./s1. The van der Waals surface area contributed by atoms with Crippen LogP contribution in [0, 0.1) is 0 Å². The van der Waals surface area contributed by atoms with E-state index in [1.165, 1.54) is 0 Å². The molecule has 13 heavy (non-hydrogen) atoms. The van der Waals surface area contributed by atoms with Crippen molar-refractivity contribution in [3.63, 3.8) is 0 Å². The Morgan fingerprint density at radius 2 is 1.62 bits per heavy atom. The predicted molar refractivity (Wildman–Crippen MR) is 55.6 cm³/mol. The van der Waals surface area contributed by atoms with Crippen molar-refractivity contribution in [1.82, 2.24) is 5.32 Å². The molecule has 0 aromatic carbocycles. The molecule has 0 saturated carbocycles. The molecule has 1 fully saturated rings. The van der Waals surface area contributed by atoms with Gasteiger partial charge in [-0.2, -0.15) is 0 Å². The van der Waals surface area contributed by atoms with Crippen LogP contribution in [0.5, 0.6) is 0 Å². The lowest BCUT2D eigenvalue weighted by Gasteiger charge is -2.47. The molecule has 1 N–H and O–H groups in total. The van der Waals surface area contributed by atoms with Crippen LogP contribution < -0.4 is 5.32 Å². The fourth-order valence-corrected chi connectivity index (χ4v) is 1.71. The molecule has 0 radical (unpaired) electrons. The molecule has 0 aromatic heterocycles. The van der Waals surface area contributed by atoms with E-state index in [0.29, 0.717) is 0 Å². The molecular weight excluding hydrogens is 190 g/mol. The molecule has 3 nitrogen and oxygen atoms in total. The third-order valence-electron chi connectivity index (χ3n) is 3.26. The molecule has 0 bridgehead atoms. The summed E-state index contributed by atoms with van der Waals surface area (Å²) in [5.74, 6) is 0. The van der Waals surface area contributed by atoms with Crippen LogP contribution in [0.25, 0.3) is 0 Å². The quantitative estimate of drug-likeness (QED) is 0.742. The van der Waals surface area contributed by atoms with Gasteiger partial charge in [-0.25, -0.2) is 0 Å². The van der Waals surface area contributed by atoms with Crippen LogP contribution in [0.3, 0.4) is 0 Å². The molecule has 1 aliphatic rings. The number of hydrogen-bond acceptors (Lipinski definition) is 3. The zero-order valence-corrected chi connectivity index (χ0v) is 9.66. The van der Waals surface area contributed by atoms with Gasteiger partial charge in [-0.1, -0.05) is 0 Å². The molecule has 1 saturated heterocycles. The van der Waals surface area contributed by atoms with E-state index in [2.05, 4.69) is 19.2 Å². The molecule has 80 valence electrons. The van der Waals surface area contributed by atoms with Crippen molar-refractivity contribution in [3.05, 3.63) is 0 Å². The van der Waals surface area contributed by atoms with Gasteiger partial charge < -0.3 is 14.8 Å². The van der Waals surface area contributed by atoms with Crippen LogP contribution >= 0.6 is 12.4 Å². The SMILES string of the molecule is CO[C@]1(C)CNCC[C@]1(C)OC.Cl. The van der Waals surface area contributed by atoms with Crippen molar-refractivity contribution in [2.45, 2.75) is 31.5 Å². The van der Waals surface area contributed by atoms with Gasteiger partial charge in [-0.15, -0.1) is 12.4 Å². The van der Waals surface area contributed by atoms with E-state index >= 15 is 0 Å². The third-order valence-corrected chi connectivity index (χ3v) is 3.26. The zero-order chi connectivity index (χ0) is 9.24. The highest BCUT2D eigenvalue weighted by atomic mass is 35.5. The maximum atomic E-state index is 5.52. The molecule has 4 heteroatoms. The first kappa shape index (κ1) is 13.2. The molecule has 0 unspecified atom stereocenters. The average molecular weight is 210 g/mol. The highest BCUT2D eigenvalue weighted by molar-refractivity contribution is 5.85. The Morgan fingerprint density at radius 3 is 2.00 bits per heavy atom. The van der Waals surface area contributed by atoms with E-state index < -0.39 is 0 Å². The molecular formula is C9H20ClNO2. The minimum absolute atomic E-state index is 0. The predicted octanol–water partition coefficient (Wildman–Crippen LogP) is 1.21. The highest BCUT2D eigenvalue weighted by Gasteiger charge is 2.47. The van der Waals surface area contributed by atoms with Gasteiger partial charge in [0.1, 0.15) is 5.60 Å². The maximum Gasteiger partial charge on any atom is 0.106 e. The lowest BCUT2D eigenvalue weighted by atomic mass is 9.80. The summed E-state index contributed by atoms with van der Waals surface area (Å²) in [6.07, 6.45) is 0.994. The Bertz CT molecular complexity index is 150. The molecule has 1 aliphatic heterocycles. The average Bonchev–Trinajstić information content (AvgIpc) is 2.10. The summed E-state index contributed by atoms with van der Waals surface area (Å²) < 4.78 is 11.0. The fourth-order valence-electron chi connectivity index (χ4n) is 1.71. The fraction of sp³-hybridized carbons (Fsp3) is 1.00. The molecule has 0 aliphatic carbocycles. The summed E-state index contributed by atoms with van der Waals surface area (Å²) in [6, 6.07) is 0. The maximum absolute atomic E-state index is 5.52. The van der Waals surface area contributed by atoms with E-state index in [0.717, 1.165) is 19.5 Å². The van der Waals surface area contributed by atoms with Crippen LogP contribution in [0.4, 0.5) is 0 Å². The molecule has 1 rings (SSSR count). The lowest BCUT2D eigenvalue weighted by Crippen LogP contribution is -2.62. The second-order valence-corrected chi connectivity index (χ2v) is 3.80. The number of hydrogen-bond donors (Lipinski definition) is 1. The summed E-state index contributed by atoms with van der Waals surface area (Å²) in [5, 5.41) is 3.31. The number of nitrogens with one attached hydrogen (secondary N) is 1. The second kappa shape index (κ2) is 4.60. The van der Waals surface area contributed by atoms with Crippen molar-refractivity contribution in [2.24, 2.45) is 0 Å². The van der Waals surface area contributed by atoms with Crippen molar-refractivity contribution < 1.29 is 9.47 Å². The first-order chi connectivity index (χ1) is 5.58. The smallest absolute Gasteiger partial charge is 0.106 e. The van der Waals surface area contributed by atoms with E-state index in [9.17, 15) is 0 Å². The summed E-state index contributed by atoms with van der Waals surface area (Å²) >= 11 is 0. The largest absolute Gasteiger partial charge is 0.375 e. The Balaban J connectivity index is 0.00000144. The Kier molecular flexibility index (Phi) is 4.66. The van der Waals surface area contributed by atoms with Crippen molar-refractivity contribution in [3.8, 4) is 0 Å². The van der Waals surface area contributed by atoms with Gasteiger partial charge >= 0.3 is 0 Å². The van der Waals surface area contributed by atoms with Crippen molar-refractivity contribution in [2.75, 3.05) is 27.3 Å². The summed E-state index contributed by atoms with van der Waals surface area (Å²) in [6.45, 7) is 6.05. The Labute approximate surface area is 86.6 Å². The number of methoxy groups -OCH3 is 2. The lowest BCUT2D eigenvalue weighted by molar-refractivity contribution is -0.179. The van der Waals surface area contributed by atoms with Gasteiger partial charge in [0.15, 0.2) is 0 Å². The summed E-state index contributed by atoms with van der Waals surface area (Å²) in [4.78, 5) is 0. The van der Waals surface area contributed by atoms with E-state index in [1.54, 1.807) is 14.2 Å². The number of piperidine rings is 1. The minimum Gasteiger partial charge on any atom is -0.375 e. The van der Waals surface area contributed by atoms with Gasteiger partial charge in [0, 0.05) is 20.8 Å². The normalized spacial score (nSPS) is 39.7. The van der Waals surface area contributed by atoms with E-state index in [1.807, 2.05) is 0 Å². The van der Waals surface area contributed by atoms with Crippen LogP contribution in [0.1, 0.15) is 20.3 Å². The number of halogens is 1. The van der Waals surface area contributed by atoms with E-state index in [-0.39, 0.29) is 23.6 Å². The molecule has 0 spiro atoms. The highest BCUT2D eigenvalue weighted by Crippen LogP contribution is 2.33. The van der Waals surface area contributed by atoms with Gasteiger partial charge in [-0.3, -0.25) is 0 Å². The first-order valence-electron chi connectivity index (χ1n) is 4.39. The van der Waals surface area contributed by atoms with E-state index in [4.69, 9.17) is 9.47 Å². The molecule has 0 aromatic rings. The van der Waals surface area contributed by atoms with Crippen LogP contribution in [0.2, 0.25) is 0 Å². The molecule has 1 heterocycles. The monoisotopic (exact) mass is 209 g/mol. The van der Waals surface area contributed by atoms with Crippen molar-refractivity contribution in [1.29, 1.82) is 0 Å².